The summed E-state index contributed by atoms with van der Waals surface area (Å²) >= 11 is 0. The predicted molar refractivity (Wildman–Crippen MR) is 149 cm³/mol. The molecule has 5 nitrogen and oxygen atoms in total. The average molecular weight is 508 g/mol. The number of benzene rings is 2. The molecule has 0 radical (unpaired) electrons. The lowest BCUT2D eigenvalue weighted by Crippen LogP contribution is -2.41. The van der Waals surface area contributed by atoms with Gasteiger partial charge in [-0.1, -0.05) is 55.2 Å². The number of fused-ring (bicyclic) bond motifs is 1. The zero-order chi connectivity index (χ0) is 24.4. The number of aromatic nitrogens is 1. The molecule has 36 heavy (non-hydrogen) atoms. The van der Waals surface area contributed by atoms with Crippen molar-refractivity contribution < 1.29 is 9.59 Å². The van der Waals surface area contributed by atoms with E-state index in [0.717, 1.165) is 79.0 Å². The van der Waals surface area contributed by atoms with Crippen LogP contribution in [0.15, 0.2) is 48.7 Å². The molecular formula is C30H38ClN3O2. The summed E-state index contributed by atoms with van der Waals surface area (Å²) in [5.41, 5.74) is 11.3. The minimum absolute atomic E-state index is 0. The second kappa shape index (κ2) is 11.6. The summed E-state index contributed by atoms with van der Waals surface area (Å²) in [6, 6.07) is 15.2. The maximum Gasteiger partial charge on any atom is 0.234 e. The van der Waals surface area contributed by atoms with Crippen molar-refractivity contribution in [2.45, 2.75) is 83.2 Å². The highest BCUT2D eigenvalue weighted by Gasteiger charge is 2.26. The average Bonchev–Trinajstić information content (AvgIpc) is 3.23. The predicted octanol–water partition coefficient (Wildman–Crippen LogP) is 6.19. The van der Waals surface area contributed by atoms with Gasteiger partial charge in [-0.15, -0.1) is 12.4 Å². The van der Waals surface area contributed by atoms with Crippen molar-refractivity contribution in [3.63, 3.8) is 0 Å². The molecule has 3 aromatic rings. The van der Waals surface area contributed by atoms with Gasteiger partial charge in [0.05, 0.1) is 11.9 Å². The van der Waals surface area contributed by atoms with Gasteiger partial charge in [0.1, 0.15) is 0 Å². The van der Waals surface area contributed by atoms with Crippen molar-refractivity contribution in [1.29, 1.82) is 0 Å². The lowest BCUT2D eigenvalue weighted by Gasteiger charge is -2.26. The van der Waals surface area contributed by atoms with E-state index >= 15 is 0 Å². The van der Waals surface area contributed by atoms with Crippen LogP contribution in [0.1, 0.15) is 73.7 Å². The number of aryl methyl sites for hydroxylation is 1. The minimum Gasteiger partial charge on any atom is -0.353 e. The zero-order valence-corrected chi connectivity index (χ0v) is 22.0. The first-order valence-electron chi connectivity index (χ1n) is 13.3. The van der Waals surface area contributed by atoms with Crippen LogP contribution in [0.25, 0.3) is 22.0 Å². The number of carbonyl (C=O) groups excluding carboxylic acids is 2. The standard InChI is InChI=1S/C30H37N3O2.ClH/c1-20-6-5-9-22(16-20)23-10-15-28-27(17-23)24(18-29(34)32-26-13-11-25(31)12-14-26)19-33(28)30(35)21-7-3-2-4-8-21;/h5-6,9-10,15-17,19,21,25-26H,2-4,7-8,11-14,18,31H2,1H3,(H,32,34);1H. The van der Waals surface area contributed by atoms with E-state index in [1.54, 1.807) is 0 Å². The molecule has 2 saturated carbocycles. The van der Waals surface area contributed by atoms with Crippen LogP contribution in [0.5, 0.6) is 0 Å². The van der Waals surface area contributed by atoms with E-state index in [1.807, 2.05) is 10.8 Å². The molecule has 1 heterocycles. The van der Waals surface area contributed by atoms with Crippen molar-refractivity contribution in [2.24, 2.45) is 11.7 Å². The van der Waals surface area contributed by atoms with Crippen molar-refractivity contribution in [3.05, 3.63) is 59.8 Å². The fourth-order valence-corrected chi connectivity index (χ4v) is 5.89. The van der Waals surface area contributed by atoms with E-state index in [-0.39, 0.29) is 48.6 Å². The Morgan fingerprint density at radius 1 is 0.944 bits per heavy atom. The van der Waals surface area contributed by atoms with E-state index in [2.05, 4.69) is 54.7 Å². The Balaban J connectivity index is 0.00000304. The summed E-state index contributed by atoms with van der Waals surface area (Å²) in [6.07, 6.45) is 11.4. The van der Waals surface area contributed by atoms with Gasteiger partial charge in [0, 0.05) is 29.6 Å². The Morgan fingerprint density at radius 2 is 1.67 bits per heavy atom. The Morgan fingerprint density at radius 3 is 2.39 bits per heavy atom. The molecule has 1 aromatic heterocycles. The summed E-state index contributed by atoms with van der Waals surface area (Å²) in [5.74, 6) is 0.269. The first kappa shape index (κ1) is 26.4. The fourth-order valence-electron chi connectivity index (χ4n) is 5.89. The number of amides is 1. The minimum atomic E-state index is 0. The van der Waals surface area contributed by atoms with Gasteiger partial charge < -0.3 is 11.1 Å². The molecule has 5 rings (SSSR count). The molecule has 1 amide bonds. The lowest BCUT2D eigenvalue weighted by molar-refractivity contribution is -0.121. The van der Waals surface area contributed by atoms with Gasteiger partial charge in [0.2, 0.25) is 11.8 Å². The van der Waals surface area contributed by atoms with E-state index in [4.69, 9.17) is 5.73 Å². The van der Waals surface area contributed by atoms with E-state index in [9.17, 15) is 9.59 Å². The Kier molecular flexibility index (Phi) is 8.53. The van der Waals surface area contributed by atoms with Gasteiger partial charge >= 0.3 is 0 Å². The van der Waals surface area contributed by atoms with Gasteiger partial charge in [-0.3, -0.25) is 14.2 Å². The number of carbonyl (C=O) groups is 2. The molecule has 2 fully saturated rings. The van der Waals surface area contributed by atoms with Crippen LogP contribution in [0.4, 0.5) is 0 Å². The molecule has 0 spiro atoms. The Hall–Kier alpha value is -2.63. The summed E-state index contributed by atoms with van der Waals surface area (Å²) < 4.78 is 1.83. The van der Waals surface area contributed by atoms with E-state index < -0.39 is 0 Å². The quantitative estimate of drug-likeness (QED) is 0.432. The molecule has 192 valence electrons. The largest absolute Gasteiger partial charge is 0.353 e. The fraction of sp³-hybridized carbons (Fsp3) is 0.467. The van der Waals surface area contributed by atoms with Gasteiger partial charge in [0.25, 0.3) is 0 Å². The molecule has 0 aliphatic heterocycles. The summed E-state index contributed by atoms with van der Waals surface area (Å²) in [6.45, 7) is 2.09. The van der Waals surface area contributed by atoms with Crippen molar-refractivity contribution >= 4 is 35.1 Å². The number of rotatable bonds is 5. The van der Waals surface area contributed by atoms with Crippen LogP contribution in [0, 0.1) is 12.8 Å². The van der Waals surface area contributed by atoms with Crippen LogP contribution in [-0.4, -0.2) is 28.5 Å². The molecular weight excluding hydrogens is 470 g/mol. The summed E-state index contributed by atoms with van der Waals surface area (Å²) in [5, 5.41) is 4.21. The van der Waals surface area contributed by atoms with Crippen LogP contribution in [0.3, 0.4) is 0 Å². The van der Waals surface area contributed by atoms with Crippen molar-refractivity contribution in [2.75, 3.05) is 0 Å². The molecule has 0 saturated heterocycles. The third kappa shape index (κ3) is 5.84. The number of nitrogens with zero attached hydrogens (tertiary/aromatic N) is 1. The van der Waals surface area contributed by atoms with Crippen LogP contribution in [-0.2, 0) is 11.2 Å². The zero-order valence-electron chi connectivity index (χ0n) is 21.2. The third-order valence-electron chi connectivity index (χ3n) is 7.92. The number of nitrogens with one attached hydrogen (secondary N) is 1. The number of nitrogens with two attached hydrogens (primary N) is 1. The normalized spacial score (nSPS) is 20.6. The SMILES string of the molecule is Cc1cccc(-c2ccc3c(c2)c(CC(=O)NC2CCC(N)CC2)cn3C(=O)C2CCCCC2)c1.Cl. The number of hydrogen-bond acceptors (Lipinski definition) is 3. The topological polar surface area (TPSA) is 77.1 Å². The monoisotopic (exact) mass is 507 g/mol. The number of hydrogen-bond donors (Lipinski definition) is 2. The highest BCUT2D eigenvalue weighted by molar-refractivity contribution is 5.99. The summed E-state index contributed by atoms with van der Waals surface area (Å²) in [4.78, 5) is 26.6. The Labute approximate surface area is 220 Å². The van der Waals surface area contributed by atoms with Gasteiger partial charge in [-0.05, 0) is 74.3 Å². The Bertz CT molecular complexity index is 1220. The molecule has 0 bridgehead atoms. The molecule has 2 aliphatic rings. The number of halogens is 1. The second-order valence-electron chi connectivity index (χ2n) is 10.7. The van der Waals surface area contributed by atoms with Crippen LogP contribution in [0.2, 0.25) is 0 Å². The lowest BCUT2D eigenvalue weighted by atomic mass is 9.88. The van der Waals surface area contributed by atoms with Gasteiger partial charge in [0.15, 0.2) is 0 Å². The summed E-state index contributed by atoms with van der Waals surface area (Å²) in [7, 11) is 0. The highest BCUT2D eigenvalue weighted by atomic mass is 35.5. The van der Waals surface area contributed by atoms with Crippen molar-refractivity contribution in [3.8, 4) is 11.1 Å². The van der Waals surface area contributed by atoms with Crippen LogP contribution < -0.4 is 11.1 Å². The molecule has 2 aliphatic carbocycles. The smallest absolute Gasteiger partial charge is 0.234 e. The molecule has 2 aromatic carbocycles. The molecule has 0 atom stereocenters. The van der Waals surface area contributed by atoms with E-state index in [0.29, 0.717) is 0 Å². The van der Waals surface area contributed by atoms with Crippen molar-refractivity contribution in [1.82, 2.24) is 9.88 Å². The molecule has 6 heteroatoms. The van der Waals surface area contributed by atoms with Gasteiger partial charge in [-0.2, -0.15) is 0 Å². The van der Waals surface area contributed by atoms with Crippen LogP contribution >= 0.6 is 12.4 Å². The van der Waals surface area contributed by atoms with Gasteiger partial charge in [-0.25, -0.2) is 0 Å². The maximum absolute atomic E-state index is 13.5. The second-order valence-corrected chi connectivity index (χ2v) is 10.7. The molecule has 0 unspecified atom stereocenters. The highest BCUT2D eigenvalue weighted by Crippen LogP contribution is 2.32. The first-order chi connectivity index (χ1) is 17.0. The third-order valence-corrected chi connectivity index (χ3v) is 7.92. The first-order valence-corrected chi connectivity index (χ1v) is 13.3. The van der Waals surface area contributed by atoms with E-state index in [1.165, 1.54) is 12.0 Å². The molecule has 3 N–H and O–H groups in total. The maximum atomic E-state index is 13.5.